The molecule has 1 fully saturated rings. The predicted octanol–water partition coefficient (Wildman–Crippen LogP) is 4.53. The van der Waals surface area contributed by atoms with Gasteiger partial charge in [0, 0.05) is 22.3 Å². The molecule has 0 aromatic heterocycles. The molecule has 17 heavy (non-hydrogen) atoms. The van der Waals surface area contributed by atoms with Crippen LogP contribution in [-0.2, 0) is 10.8 Å². The van der Waals surface area contributed by atoms with Gasteiger partial charge in [-0.05, 0) is 37.5 Å². The van der Waals surface area contributed by atoms with Crippen LogP contribution in [-0.4, -0.2) is 15.7 Å². The molecule has 102 valence electrons. The topological polar surface area (TPSA) is 17.1 Å². The summed E-state index contributed by atoms with van der Waals surface area (Å²) in [7, 11) is -0.551. The lowest BCUT2D eigenvalue weighted by molar-refractivity contribution is 0.387. The van der Waals surface area contributed by atoms with Crippen molar-refractivity contribution in [1.82, 2.24) is 0 Å². The van der Waals surface area contributed by atoms with Crippen LogP contribution in [0.5, 0.6) is 0 Å². The zero-order valence-corrected chi connectivity index (χ0v) is 12.6. The maximum absolute atomic E-state index is 12.2. The maximum Gasteiger partial charge on any atom is 0.0263 e. The van der Waals surface area contributed by atoms with E-state index in [9.17, 15) is 4.21 Å². The fourth-order valence-electron chi connectivity index (χ4n) is 3.08. The molecular weight excluding hydrogens is 228 g/mol. The molecule has 0 aromatic rings. The van der Waals surface area contributed by atoms with Crippen molar-refractivity contribution < 1.29 is 4.21 Å². The molecule has 1 atom stereocenters. The van der Waals surface area contributed by atoms with Crippen LogP contribution in [0.4, 0.5) is 0 Å². The zero-order chi connectivity index (χ0) is 12.5. The van der Waals surface area contributed by atoms with Crippen LogP contribution in [0, 0.1) is 11.8 Å². The van der Waals surface area contributed by atoms with Crippen molar-refractivity contribution in [2.75, 3.05) is 11.5 Å². The van der Waals surface area contributed by atoms with Gasteiger partial charge in [0.1, 0.15) is 0 Å². The van der Waals surface area contributed by atoms with Gasteiger partial charge in [0.05, 0.1) is 0 Å². The Morgan fingerprint density at radius 2 is 1.65 bits per heavy atom. The minimum Gasteiger partial charge on any atom is -0.260 e. The van der Waals surface area contributed by atoms with E-state index in [1.807, 2.05) is 0 Å². The van der Waals surface area contributed by atoms with E-state index in [2.05, 4.69) is 13.8 Å². The summed E-state index contributed by atoms with van der Waals surface area (Å²) in [5.41, 5.74) is 0. The van der Waals surface area contributed by atoms with Crippen molar-refractivity contribution in [2.24, 2.45) is 11.8 Å². The average Bonchev–Trinajstić information content (AvgIpc) is 2.30. The molecule has 1 nitrogen and oxygen atoms in total. The molecule has 1 unspecified atom stereocenters. The summed E-state index contributed by atoms with van der Waals surface area (Å²) >= 11 is 0. The van der Waals surface area contributed by atoms with Gasteiger partial charge in [0.25, 0.3) is 0 Å². The Labute approximate surface area is 110 Å². The smallest absolute Gasteiger partial charge is 0.0263 e. The summed E-state index contributed by atoms with van der Waals surface area (Å²) < 4.78 is 12.2. The van der Waals surface area contributed by atoms with Gasteiger partial charge in [-0.3, -0.25) is 4.21 Å². The molecule has 0 heterocycles. The van der Waals surface area contributed by atoms with Crippen molar-refractivity contribution in [1.29, 1.82) is 0 Å². The largest absolute Gasteiger partial charge is 0.260 e. The first-order valence-corrected chi connectivity index (χ1v) is 9.10. The highest BCUT2D eigenvalue weighted by atomic mass is 32.2. The summed E-state index contributed by atoms with van der Waals surface area (Å²) in [5.74, 6) is 3.45. The van der Waals surface area contributed by atoms with E-state index in [0.29, 0.717) is 0 Å². The Hall–Kier alpha value is 0.150. The zero-order valence-electron chi connectivity index (χ0n) is 11.7. The molecule has 0 aliphatic heterocycles. The first kappa shape index (κ1) is 15.2. The lowest BCUT2D eigenvalue weighted by atomic mass is 9.91. The minimum absolute atomic E-state index is 0.551. The molecular formula is C15H30OS. The number of hydrogen-bond donors (Lipinski definition) is 0. The third-order valence-electron chi connectivity index (χ3n) is 3.96. The normalized spacial score (nSPS) is 19.7. The lowest BCUT2D eigenvalue weighted by Gasteiger charge is -2.22. The second kappa shape index (κ2) is 9.13. The van der Waals surface area contributed by atoms with Gasteiger partial charge in [0.15, 0.2) is 0 Å². The molecule has 0 N–H and O–H groups in total. The van der Waals surface area contributed by atoms with Crippen LogP contribution in [0.3, 0.4) is 0 Å². The Morgan fingerprint density at radius 3 is 2.18 bits per heavy atom. The standard InChI is InChI=1S/C15H30OS/c1-3-8-14(9-4-2)12-17(16)13-15-10-6-5-7-11-15/h14-15H,3-13H2,1-2H3. The molecule has 0 aromatic carbocycles. The second-order valence-electron chi connectivity index (χ2n) is 5.72. The van der Waals surface area contributed by atoms with Crippen LogP contribution in [0.1, 0.15) is 71.6 Å². The van der Waals surface area contributed by atoms with E-state index in [-0.39, 0.29) is 0 Å². The van der Waals surface area contributed by atoms with Gasteiger partial charge in [-0.1, -0.05) is 46.0 Å². The van der Waals surface area contributed by atoms with E-state index in [0.717, 1.165) is 23.3 Å². The molecule has 0 bridgehead atoms. The van der Waals surface area contributed by atoms with E-state index >= 15 is 0 Å². The van der Waals surface area contributed by atoms with Crippen molar-refractivity contribution >= 4 is 10.8 Å². The van der Waals surface area contributed by atoms with Crippen molar-refractivity contribution in [3.8, 4) is 0 Å². The van der Waals surface area contributed by atoms with Crippen molar-refractivity contribution in [3.63, 3.8) is 0 Å². The van der Waals surface area contributed by atoms with E-state index in [1.54, 1.807) is 0 Å². The monoisotopic (exact) mass is 258 g/mol. The van der Waals surface area contributed by atoms with Gasteiger partial charge in [-0.2, -0.15) is 0 Å². The molecule has 1 aliphatic carbocycles. The fourth-order valence-corrected chi connectivity index (χ4v) is 4.93. The maximum atomic E-state index is 12.2. The molecule has 1 aliphatic rings. The van der Waals surface area contributed by atoms with Gasteiger partial charge < -0.3 is 0 Å². The first-order valence-electron chi connectivity index (χ1n) is 7.61. The highest BCUT2D eigenvalue weighted by Crippen LogP contribution is 2.25. The van der Waals surface area contributed by atoms with Crippen LogP contribution >= 0.6 is 0 Å². The Balaban J connectivity index is 2.25. The Bertz CT molecular complexity index is 203. The third-order valence-corrected chi connectivity index (χ3v) is 5.65. The van der Waals surface area contributed by atoms with Crippen LogP contribution in [0.2, 0.25) is 0 Å². The fraction of sp³-hybridized carbons (Fsp3) is 1.00. The highest BCUT2D eigenvalue weighted by Gasteiger charge is 2.18. The summed E-state index contributed by atoms with van der Waals surface area (Å²) in [6.45, 7) is 4.49. The van der Waals surface area contributed by atoms with Gasteiger partial charge >= 0.3 is 0 Å². The van der Waals surface area contributed by atoms with E-state index in [4.69, 9.17) is 0 Å². The Morgan fingerprint density at radius 1 is 1.06 bits per heavy atom. The number of rotatable bonds is 8. The Kier molecular flexibility index (Phi) is 8.17. The molecule has 2 heteroatoms. The van der Waals surface area contributed by atoms with E-state index in [1.165, 1.54) is 57.8 Å². The SMILES string of the molecule is CCCC(CCC)CS(=O)CC1CCCCC1. The molecule has 0 saturated heterocycles. The van der Waals surface area contributed by atoms with Gasteiger partial charge in [0.2, 0.25) is 0 Å². The summed E-state index contributed by atoms with van der Waals surface area (Å²) in [4.78, 5) is 0. The first-order chi connectivity index (χ1) is 8.26. The van der Waals surface area contributed by atoms with Crippen molar-refractivity contribution in [3.05, 3.63) is 0 Å². The third kappa shape index (κ3) is 6.59. The quantitative estimate of drug-likeness (QED) is 0.625. The second-order valence-corrected chi connectivity index (χ2v) is 7.27. The van der Waals surface area contributed by atoms with Crippen LogP contribution < -0.4 is 0 Å². The van der Waals surface area contributed by atoms with Crippen LogP contribution in [0.25, 0.3) is 0 Å². The van der Waals surface area contributed by atoms with Gasteiger partial charge in [-0.25, -0.2) is 0 Å². The summed E-state index contributed by atoms with van der Waals surface area (Å²) in [6.07, 6.45) is 11.8. The van der Waals surface area contributed by atoms with Crippen molar-refractivity contribution in [2.45, 2.75) is 71.6 Å². The molecule has 0 amide bonds. The highest BCUT2D eigenvalue weighted by molar-refractivity contribution is 7.85. The predicted molar refractivity (Wildman–Crippen MR) is 77.8 cm³/mol. The summed E-state index contributed by atoms with van der Waals surface area (Å²) in [5, 5.41) is 0. The average molecular weight is 258 g/mol. The minimum atomic E-state index is -0.551. The van der Waals surface area contributed by atoms with E-state index < -0.39 is 10.8 Å². The molecule has 0 radical (unpaired) electrons. The van der Waals surface area contributed by atoms with Gasteiger partial charge in [-0.15, -0.1) is 0 Å². The lowest BCUT2D eigenvalue weighted by Crippen LogP contribution is -2.20. The molecule has 1 saturated carbocycles. The molecule has 0 spiro atoms. The summed E-state index contributed by atoms with van der Waals surface area (Å²) in [6, 6.07) is 0. The van der Waals surface area contributed by atoms with Crippen LogP contribution in [0.15, 0.2) is 0 Å². The molecule has 1 rings (SSSR count). The number of hydrogen-bond acceptors (Lipinski definition) is 1.